The molecular weight excluding hydrogens is 322 g/mol. The van der Waals surface area contributed by atoms with Crippen molar-refractivity contribution in [1.82, 2.24) is 4.98 Å². The summed E-state index contributed by atoms with van der Waals surface area (Å²) in [6, 6.07) is 2.65. The van der Waals surface area contributed by atoms with Gasteiger partial charge in [-0.1, -0.05) is 0 Å². The van der Waals surface area contributed by atoms with Crippen molar-refractivity contribution in [3.63, 3.8) is 0 Å². The molecule has 1 atom stereocenters. The Hall–Kier alpha value is -1.74. The van der Waals surface area contributed by atoms with Crippen LogP contribution < -0.4 is 4.90 Å². The molecule has 10 heteroatoms. The first-order valence-electron chi connectivity index (χ1n) is 6.02. The first-order chi connectivity index (χ1) is 9.67. The molecule has 0 saturated carbocycles. The van der Waals surface area contributed by atoms with Gasteiger partial charge in [-0.3, -0.25) is 19.8 Å². The van der Waals surface area contributed by atoms with Crippen LogP contribution in [0.5, 0.6) is 0 Å². The minimum absolute atomic E-state index is 0.0592. The molecule has 1 unspecified atom stereocenters. The van der Waals surface area contributed by atoms with Crippen LogP contribution >= 0.6 is 10.7 Å². The number of amides is 1. The van der Waals surface area contributed by atoms with Gasteiger partial charge in [-0.15, -0.1) is 0 Å². The topological polar surface area (TPSA) is 110 Å². The Morgan fingerprint density at radius 3 is 2.71 bits per heavy atom. The van der Waals surface area contributed by atoms with Crippen LogP contribution in [0.4, 0.5) is 11.5 Å². The van der Waals surface area contributed by atoms with E-state index in [2.05, 4.69) is 4.98 Å². The van der Waals surface area contributed by atoms with Crippen LogP contribution in [-0.4, -0.2) is 36.5 Å². The average molecular weight is 334 g/mol. The van der Waals surface area contributed by atoms with Crippen LogP contribution in [0.15, 0.2) is 12.1 Å². The van der Waals surface area contributed by atoms with Gasteiger partial charge in [0.1, 0.15) is 11.5 Å². The van der Waals surface area contributed by atoms with E-state index in [9.17, 15) is 23.3 Å². The Morgan fingerprint density at radius 1 is 1.52 bits per heavy atom. The molecule has 1 aromatic heterocycles. The normalized spacial score (nSPS) is 19.0. The van der Waals surface area contributed by atoms with Crippen molar-refractivity contribution in [1.29, 1.82) is 0 Å². The Kier molecular flexibility index (Phi) is 4.15. The second kappa shape index (κ2) is 5.57. The van der Waals surface area contributed by atoms with Crippen molar-refractivity contribution in [3.05, 3.63) is 27.9 Å². The van der Waals surface area contributed by atoms with Gasteiger partial charge in [0.2, 0.25) is 15.0 Å². The predicted octanol–water partition coefficient (Wildman–Crippen LogP) is 1.22. The van der Waals surface area contributed by atoms with Crippen LogP contribution in [0.1, 0.15) is 12.1 Å². The average Bonchev–Trinajstić information content (AvgIpc) is 2.66. The molecular formula is C11H12ClN3O5S. The summed E-state index contributed by atoms with van der Waals surface area (Å²) >= 11 is 0. The molecule has 0 N–H and O–H groups in total. The van der Waals surface area contributed by atoms with Crippen LogP contribution in [0.2, 0.25) is 0 Å². The zero-order valence-corrected chi connectivity index (χ0v) is 12.6. The van der Waals surface area contributed by atoms with Crippen molar-refractivity contribution in [3.8, 4) is 0 Å². The number of carbonyl (C=O) groups is 1. The minimum atomic E-state index is -3.68. The van der Waals surface area contributed by atoms with Gasteiger partial charge < -0.3 is 0 Å². The summed E-state index contributed by atoms with van der Waals surface area (Å²) in [4.78, 5) is 27.5. The predicted molar refractivity (Wildman–Crippen MR) is 75.7 cm³/mol. The first kappa shape index (κ1) is 15.6. The van der Waals surface area contributed by atoms with E-state index in [0.29, 0.717) is 0 Å². The second-order valence-electron chi connectivity index (χ2n) is 4.81. The lowest BCUT2D eigenvalue weighted by Gasteiger charge is -2.15. The molecule has 0 aliphatic carbocycles. The van der Waals surface area contributed by atoms with E-state index in [1.807, 2.05) is 0 Å². The van der Waals surface area contributed by atoms with Crippen LogP contribution in [0.3, 0.4) is 0 Å². The highest BCUT2D eigenvalue weighted by Crippen LogP contribution is 2.27. The second-order valence-corrected chi connectivity index (χ2v) is 7.63. The first-order valence-corrected chi connectivity index (χ1v) is 8.50. The maximum absolute atomic E-state index is 11.9. The van der Waals surface area contributed by atoms with E-state index in [4.69, 9.17) is 10.7 Å². The number of nitrogens with zero attached hydrogens (tertiary/aromatic N) is 3. The zero-order valence-electron chi connectivity index (χ0n) is 11.0. The molecule has 0 radical (unpaired) electrons. The lowest BCUT2D eigenvalue weighted by molar-refractivity contribution is -0.385. The van der Waals surface area contributed by atoms with Gasteiger partial charge in [0, 0.05) is 35.6 Å². The van der Waals surface area contributed by atoms with Crippen molar-refractivity contribution in [2.24, 2.45) is 5.92 Å². The minimum Gasteiger partial charge on any atom is -0.296 e. The number of nitro groups is 1. The standard InChI is InChI=1S/C11H12ClN3O5S/c1-7-9(15(17)18)2-3-10(13-7)14-5-8(4-11(14)16)6-21(12,19)20/h2-3,8H,4-6H2,1H3. The number of anilines is 1. The fourth-order valence-electron chi connectivity index (χ4n) is 2.28. The highest BCUT2D eigenvalue weighted by Gasteiger charge is 2.34. The number of aryl methyl sites for hydroxylation is 1. The van der Waals surface area contributed by atoms with E-state index in [1.165, 1.54) is 24.0 Å². The largest absolute Gasteiger partial charge is 0.296 e. The van der Waals surface area contributed by atoms with E-state index >= 15 is 0 Å². The van der Waals surface area contributed by atoms with Crippen molar-refractivity contribution in [2.75, 3.05) is 17.2 Å². The molecule has 0 spiro atoms. The Morgan fingerprint density at radius 2 is 2.19 bits per heavy atom. The summed E-state index contributed by atoms with van der Waals surface area (Å²) in [6.45, 7) is 1.65. The lowest BCUT2D eigenvalue weighted by Crippen LogP contribution is -2.26. The fourth-order valence-corrected chi connectivity index (χ4v) is 3.60. The SMILES string of the molecule is Cc1nc(N2CC(CS(=O)(=O)Cl)CC2=O)ccc1[N+](=O)[O-]. The maximum atomic E-state index is 11.9. The van der Waals surface area contributed by atoms with E-state index in [0.717, 1.165) is 0 Å². The molecule has 2 heterocycles. The number of carbonyl (C=O) groups excluding carboxylic acids is 1. The monoisotopic (exact) mass is 333 g/mol. The van der Waals surface area contributed by atoms with Gasteiger partial charge in [0.15, 0.2) is 0 Å². The molecule has 21 heavy (non-hydrogen) atoms. The third-order valence-electron chi connectivity index (χ3n) is 3.16. The summed E-state index contributed by atoms with van der Waals surface area (Å²) in [7, 11) is 1.51. The molecule has 1 aromatic rings. The quantitative estimate of drug-likeness (QED) is 0.465. The van der Waals surface area contributed by atoms with Gasteiger partial charge in [-0.05, 0) is 13.0 Å². The molecule has 1 aliphatic heterocycles. The summed E-state index contributed by atoms with van der Waals surface area (Å²) in [5.74, 6) is -0.695. The third kappa shape index (κ3) is 3.67. The molecule has 8 nitrogen and oxygen atoms in total. The number of pyridine rings is 1. The van der Waals surface area contributed by atoms with Crippen molar-refractivity contribution in [2.45, 2.75) is 13.3 Å². The smallest absolute Gasteiger partial charge is 0.290 e. The number of halogens is 1. The van der Waals surface area contributed by atoms with Gasteiger partial charge in [0.25, 0.3) is 5.69 Å². The number of aromatic nitrogens is 1. The van der Waals surface area contributed by atoms with Crippen LogP contribution in [0.25, 0.3) is 0 Å². The Labute approximate surface area is 125 Å². The highest BCUT2D eigenvalue weighted by molar-refractivity contribution is 8.13. The van der Waals surface area contributed by atoms with Gasteiger partial charge in [-0.2, -0.15) is 0 Å². The molecule has 1 saturated heterocycles. The summed E-state index contributed by atoms with van der Waals surface area (Å²) in [5, 5.41) is 10.7. The Bertz CT molecular complexity index is 706. The molecule has 1 aliphatic rings. The molecule has 1 fully saturated rings. The number of rotatable bonds is 4. The van der Waals surface area contributed by atoms with E-state index in [1.54, 1.807) is 0 Å². The number of hydrogen-bond acceptors (Lipinski definition) is 6. The van der Waals surface area contributed by atoms with E-state index < -0.39 is 19.9 Å². The molecule has 1 amide bonds. The van der Waals surface area contributed by atoms with Gasteiger partial charge in [-0.25, -0.2) is 13.4 Å². The highest BCUT2D eigenvalue weighted by atomic mass is 35.7. The molecule has 2 rings (SSSR count). The Balaban J connectivity index is 2.21. The van der Waals surface area contributed by atoms with E-state index in [-0.39, 0.29) is 41.8 Å². The van der Waals surface area contributed by atoms with Crippen molar-refractivity contribution < 1.29 is 18.1 Å². The summed E-state index contributed by atoms with van der Waals surface area (Å²) < 4.78 is 22.1. The lowest BCUT2D eigenvalue weighted by atomic mass is 10.1. The summed E-state index contributed by atoms with van der Waals surface area (Å²) in [6.07, 6.45) is 0.0592. The zero-order chi connectivity index (χ0) is 15.8. The number of hydrogen-bond donors (Lipinski definition) is 0. The molecule has 0 bridgehead atoms. The maximum Gasteiger partial charge on any atom is 0.290 e. The third-order valence-corrected chi connectivity index (χ3v) is 4.40. The fraction of sp³-hybridized carbons (Fsp3) is 0.455. The molecule has 114 valence electrons. The van der Waals surface area contributed by atoms with Crippen LogP contribution in [-0.2, 0) is 13.8 Å². The van der Waals surface area contributed by atoms with Gasteiger partial charge >= 0.3 is 0 Å². The summed E-state index contributed by atoms with van der Waals surface area (Å²) in [5.41, 5.74) is 0.0593. The van der Waals surface area contributed by atoms with Crippen molar-refractivity contribution >= 4 is 37.1 Å². The van der Waals surface area contributed by atoms with Crippen LogP contribution in [0, 0.1) is 23.0 Å². The molecule has 0 aromatic carbocycles. The van der Waals surface area contributed by atoms with Gasteiger partial charge in [0.05, 0.1) is 10.7 Å².